The molecule has 0 fully saturated rings. The first-order chi connectivity index (χ1) is 11.6. The number of Topliss-reactive ketones (excluding diaryl/α,β-unsaturated/α-hetero) is 1. The van der Waals surface area contributed by atoms with Crippen LogP contribution in [-0.4, -0.2) is 21.0 Å². The van der Waals surface area contributed by atoms with Gasteiger partial charge < -0.3 is 10.6 Å². The van der Waals surface area contributed by atoms with Crippen LogP contribution in [0.3, 0.4) is 0 Å². The van der Waals surface area contributed by atoms with Crippen molar-refractivity contribution in [1.82, 2.24) is 15.2 Å². The predicted molar refractivity (Wildman–Crippen MR) is 94.0 cm³/mol. The van der Waals surface area contributed by atoms with Crippen molar-refractivity contribution >= 4 is 28.9 Å². The molecule has 3 aromatic rings. The number of carbonyl (C=O) groups excluding carboxylic acids is 1. The van der Waals surface area contributed by atoms with Crippen LogP contribution in [0.25, 0.3) is 0 Å². The Hall–Kier alpha value is -3.28. The van der Waals surface area contributed by atoms with Gasteiger partial charge in [-0.25, -0.2) is 0 Å². The Morgan fingerprint density at radius 3 is 2.50 bits per heavy atom. The Kier molecular flexibility index (Phi) is 4.47. The van der Waals surface area contributed by atoms with E-state index in [1.807, 2.05) is 37.3 Å². The fourth-order valence-electron chi connectivity index (χ4n) is 2.23. The summed E-state index contributed by atoms with van der Waals surface area (Å²) in [6.45, 7) is 3.56. The molecule has 0 atom stereocenters. The highest BCUT2D eigenvalue weighted by atomic mass is 16.1. The molecule has 3 rings (SSSR count). The second-order valence-electron chi connectivity index (χ2n) is 5.42. The fraction of sp³-hybridized carbons (Fsp3) is 0.111. The monoisotopic (exact) mass is 319 g/mol. The highest BCUT2D eigenvalue weighted by Gasteiger charge is 2.04. The van der Waals surface area contributed by atoms with Gasteiger partial charge in [-0.05, 0) is 43.7 Å². The molecule has 24 heavy (non-hydrogen) atoms. The van der Waals surface area contributed by atoms with Gasteiger partial charge in [0.25, 0.3) is 0 Å². The number of nitrogens with zero attached hydrogens (tertiary/aromatic N) is 3. The quantitative estimate of drug-likeness (QED) is 0.695. The second kappa shape index (κ2) is 6.87. The van der Waals surface area contributed by atoms with Crippen LogP contribution in [0, 0.1) is 6.92 Å². The number of benzene rings is 2. The summed E-state index contributed by atoms with van der Waals surface area (Å²) in [6, 6.07) is 15.1. The van der Waals surface area contributed by atoms with Gasteiger partial charge in [0.2, 0.25) is 5.95 Å². The molecule has 6 nitrogen and oxygen atoms in total. The molecule has 0 unspecified atom stereocenters. The molecule has 0 spiro atoms. The van der Waals surface area contributed by atoms with Crippen molar-refractivity contribution in [1.29, 1.82) is 0 Å². The van der Waals surface area contributed by atoms with E-state index in [2.05, 4.69) is 25.8 Å². The van der Waals surface area contributed by atoms with Crippen LogP contribution in [0.5, 0.6) is 0 Å². The maximum absolute atomic E-state index is 11.5. The predicted octanol–water partition coefficient (Wildman–Crippen LogP) is 3.87. The Labute approximate surface area is 140 Å². The number of carbonyl (C=O) groups is 1. The number of rotatable bonds is 5. The van der Waals surface area contributed by atoms with Crippen LogP contribution >= 0.6 is 0 Å². The molecular weight excluding hydrogens is 302 g/mol. The van der Waals surface area contributed by atoms with Crippen LogP contribution in [0.2, 0.25) is 0 Å². The summed E-state index contributed by atoms with van der Waals surface area (Å²) in [5.74, 6) is 0.946. The average molecular weight is 319 g/mol. The van der Waals surface area contributed by atoms with Gasteiger partial charge in [-0.2, -0.15) is 10.1 Å². The lowest BCUT2D eigenvalue weighted by Gasteiger charge is -2.08. The molecule has 0 radical (unpaired) electrons. The van der Waals surface area contributed by atoms with E-state index < -0.39 is 0 Å². The number of hydrogen-bond acceptors (Lipinski definition) is 6. The molecule has 0 bridgehead atoms. The van der Waals surface area contributed by atoms with Crippen molar-refractivity contribution in [3.05, 3.63) is 65.9 Å². The molecule has 6 heteroatoms. The molecule has 0 aliphatic rings. The smallest absolute Gasteiger partial charge is 0.249 e. The first-order valence-corrected chi connectivity index (χ1v) is 7.51. The van der Waals surface area contributed by atoms with E-state index in [-0.39, 0.29) is 5.78 Å². The zero-order valence-corrected chi connectivity index (χ0v) is 13.4. The Morgan fingerprint density at radius 2 is 1.75 bits per heavy atom. The van der Waals surface area contributed by atoms with Gasteiger partial charge in [-0.1, -0.05) is 24.3 Å². The molecule has 0 aliphatic carbocycles. The Balaban J connectivity index is 1.78. The maximum atomic E-state index is 11.5. The minimum absolute atomic E-state index is 0.00700. The highest BCUT2D eigenvalue weighted by molar-refractivity contribution is 5.95. The Bertz CT molecular complexity index is 879. The van der Waals surface area contributed by atoms with Gasteiger partial charge in [0, 0.05) is 16.9 Å². The number of nitrogens with one attached hydrogen (secondary N) is 2. The zero-order valence-electron chi connectivity index (χ0n) is 13.4. The fourth-order valence-corrected chi connectivity index (χ4v) is 2.23. The van der Waals surface area contributed by atoms with Gasteiger partial charge >= 0.3 is 0 Å². The van der Waals surface area contributed by atoms with Crippen molar-refractivity contribution in [2.24, 2.45) is 0 Å². The highest BCUT2D eigenvalue weighted by Crippen LogP contribution is 2.18. The van der Waals surface area contributed by atoms with Crippen LogP contribution < -0.4 is 10.6 Å². The number of aryl methyl sites for hydroxylation is 1. The van der Waals surface area contributed by atoms with Gasteiger partial charge in [0.15, 0.2) is 11.6 Å². The molecule has 1 aromatic heterocycles. The van der Waals surface area contributed by atoms with Crippen molar-refractivity contribution in [3.63, 3.8) is 0 Å². The van der Waals surface area contributed by atoms with Crippen LogP contribution in [0.15, 0.2) is 54.7 Å². The van der Waals surface area contributed by atoms with E-state index in [0.717, 1.165) is 16.9 Å². The summed E-state index contributed by atoms with van der Waals surface area (Å²) in [6.07, 6.45) is 1.56. The van der Waals surface area contributed by atoms with E-state index in [4.69, 9.17) is 0 Å². The van der Waals surface area contributed by atoms with Crippen molar-refractivity contribution in [3.8, 4) is 0 Å². The normalized spacial score (nSPS) is 10.2. The lowest BCUT2D eigenvalue weighted by atomic mass is 10.1. The number of hydrogen-bond donors (Lipinski definition) is 2. The van der Waals surface area contributed by atoms with Crippen molar-refractivity contribution in [2.75, 3.05) is 10.6 Å². The molecule has 120 valence electrons. The molecule has 0 amide bonds. The van der Waals surface area contributed by atoms with Crippen LogP contribution in [0.1, 0.15) is 22.8 Å². The molecule has 0 saturated heterocycles. The number of anilines is 4. The summed E-state index contributed by atoms with van der Waals surface area (Å²) >= 11 is 0. The molecule has 2 aromatic carbocycles. The van der Waals surface area contributed by atoms with E-state index >= 15 is 0 Å². The van der Waals surface area contributed by atoms with Gasteiger partial charge in [0.1, 0.15) is 0 Å². The average Bonchev–Trinajstić information content (AvgIpc) is 2.55. The molecule has 2 N–H and O–H groups in total. The summed E-state index contributed by atoms with van der Waals surface area (Å²) in [5.41, 5.74) is 3.45. The van der Waals surface area contributed by atoms with Crippen molar-refractivity contribution in [2.45, 2.75) is 13.8 Å². The lowest BCUT2D eigenvalue weighted by Crippen LogP contribution is -2.03. The lowest BCUT2D eigenvalue weighted by molar-refractivity contribution is 0.101. The summed E-state index contributed by atoms with van der Waals surface area (Å²) in [5, 5.41) is 14.2. The second-order valence-corrected chi connectivity index (χ2v) is 5.42. The van der Waals surface area contributed by atoms with Gasteiger partial charge in [-0.15, -0.1) is 5.10 Å². The third-order valence-corrected chi connectivity index (χ3v) is 3.37. The molecule has 0 saturated carbocycles. The first-order valence-electron chi connectivity index (χ1n) is 7.51. The van der Waals surface area contributed by atoms with E-state index in [1.54, 1.807) is 24.4 Å². The number of aromatic nitrogens is 3. The van der Waals surface area contributed by atoms with E-state index in [1.165, 1.54) is 6.92 Å². The standard InChI is InChI=1S/C18H17N5O/c1-12-5-3-7-15(9-12)20-17-11-19-23-18(22-17)21-16-8-4-6-14(10-16)13(2)24/h3-11H,1-2H3,(H2,20,21,22,23). The molecule has 0 aliphatic heterocycles. The van der Waals surface area contributed by atoms with E-state index in [9.17, 15) is 4.79 Å². The zero-order chi connectivity index (χ0) is 16.9. The van der Waals surface area contributed by atoms with Gasteiger partial charge in [0.05, 0.1) is 6.20 Å². The SMILES string of the molecule is CC(=O)c1cccc(Nc2nncc(Nc3cccc(C)c3)n2)c1. The molecule has 1 heterocycles. The maximum Gasteiger partial charge on any atom is 0.249 e. The van der Waals surface area contributed by atoms with E-state index in [0.29, 0.717) is 17.3 Å². The topological polar surface area (TPSA) is 79.8 Å². The minimum Gasteiger partial charge on any atom is -0.339 e. The summed E-state index contributed by atoms with van der Waals surface area (Å²) in [4.78, 5) is 15.8. The minimum atomic E-state index is 0.00700. The first kappa shape index (κ1) is 15.6. The number of ketones is 1. The largest absolute Gasteiger partial charge is 0.339 e. The van der Waals surface area contributed by atoms with Crippen LogP contribution in [-0.2, 0) is 0 Å². The summed E-state index contributed by atoms with van der Waals surface area (Å²) in [7, 11) is 0. The van der Waals surface area contributed by atoms with Crippen LogP contribution in [0.4, 0.5) is 23.1 Å². The summed E-state index contributed by atoms with van der Waals surface area (Å²) < 4.78 is 0. The third kappa shape index (κ3) is 3.92. The van der Waals surface area contributed by atoms with Crippen molar-refractivity contribution < 1.29 is 4.79 Å². The Morgan fingerprint density at radius 1 is 1.00 bits per heavy atom. The third-order valence-electron chi connectivity index (χ3n) is 3.37. The molecular formula is C18H17N5O. The van der Waals surface area contributed by atoms with Gasteiger partial charge in [-0.3, -0.25) is 4.79 Å².